The molecular formula is C14H25N3O2S. The molecule has 0 saturated carbocycles. The normalized spacial score (nSPS) is 12.1. The van der Waals surface area contributed by atoms with Crippen molar-refractivity contribution in [3.8, 4) is 0 Å². The number of sulfonamides is 1. The fourth-order valence-electron chi connectivity index (χ4n) is 2.01. The zero-order valence-electron chi connectivity index (χ0n) is 12.7. The molecule has 114 valence electrons. The minimum absolute atomic E-state index is 0.370. The summed E-state index contributed by atoms with van der Waals surface area (Å²) in [7, 11) is 2.37. The van der Waals surface area contributed by atoms with Crippen LogP contribution in [0.1, 0.15) is 17.5 Å². The molecule has 1 rings (SSSR count). The second kappa shape index (κ2) is 7.73. The van der Waals surface area contributed by atoms with E-state index in [2.05, 4.69) is 10.0 Å². The molecule has 0 atom stereocenters. The molecule has 0 unspecified atom stereocenters. The predicted molar refractivity (Wildman–Crippen MR) is 82.3 cm³/mol. The molecule has 0 fully saturated rings. The Morgan fingerprint density at radius 3 is 2.55 bits per heavy atom. The van der Waals surface area contributed by atoms with Crippen molar-refractivity contribution in [3.05, 3.63) is 29.3 Å². The minimum Gasteiger partial charge on any atom is -0.316 e. The van der Waals surface area contributed by atoms with Crippen molar-refractivity contribution in [1.29, 1.82) is 0 Å². The van der Waals surface area contributed by atoms with Gasteiger partial charge in [0, 0.05) is 13.1 Å². The Bertz CT molecular complexity index is 527. The van der Waals surface area contributed by atoms with Crippen molar-refractivity contribution >= 4 is 10.0 Å². The summed E-state index contributed by atoms with van der Waals surface area (Å²) >= 11 is 0. The maximum atomic E-state index is 12.3. The summed E-state index contributed by atoms with van der Waals surface area (Å²) in [5, 5.41) is 3.05. The number of benzene rings is 1. The van der Waals surface area contributed by atoms with Gasteiger partial charge in [-0.15, -0.1) is 0 Å². The third-order valence-corrected chi connectivity index (χ3v) is 4.73. The largest absolute Gasteiger partial charge is 0.316 e. The third-order valence-electron chi connectivity index (χ3n) is 3.13. The molecule has 6 heteroatoms. The first kappa shape index (κ1) is 17.1. The van der Waals surface area contributed by atoms with E-state index in [9.17, 15) is 8.42 Å². The maximum Gasteiger partial charge on any atom is 0.240 e. The highest BCUT2D eigenvalue weighted by molar-refractivity contribution is 7.89. The molecule has 0 aromatic heterocycles. The van der Waals surface area contributed by atoms with E-state index in [0.717, 1.165) is 24.1 Å². The number of hydrogen-bond donors (Lipinski definition) is 2. The van der Waals surface area contributed by atoms with Crippen LogP contribution in [0.3, 0.4) is 0 Å². The number of nitrogens with one attached hydrogen (secondary N) is 2. The minimum atomic E-state index is -3.43. The first-order chi connectivity index (χ1) is 9.38. The molecule has 0 heterocycles. The molecule has 0 saturated heterocycles. The van der Waals surface area contributed by atoms with Crippen molar-refractivity contribution in [3.63, 3.8) is 0 Å². The van der Waals surface area contributed by atoms with E-state index < -0.39 is 10.0 Å². The van der Waals surface area contributed by atoms with Gasteiger partial charge in [-0.25, -0.2) is 13.1 Å². The third kappa shape index (κ3) is 4.86. The standard InChI is InChI=1S/C14H25N3O2S/c1-12-13(11-15-2)7-5-8-14(12)20(18,19)16-9-6-10-17(3)4/h5,7-8,15-16H,6,9-11H2,1-4H3. The van der Waals surface area contributed by atoms with E-state index in [-0.39, 0.29) is 0 Å². The van der Waals surface area contributed by atoms with Crippen molar-refractivity contribution in [2.45, 2.75) is 24.8 Å². The van der Waals surface area contributed by atoms with E-state index in [0.29, 0.717) is 18.0 Å². The Morgan fingerprint density at radius 1 is 1.25 bits per heavy atom. The fourth-order valence-corrected chi connectivity index (χ4v) is 3.37. The molecule has 0 aliphatic carbocycles. The van der Waals surface area contributed by atoms with Gasteiger partial charge in [-0.1, -0.05) is 12.1 Å². The molecule has 1 aromatic rings. The lowest BCUT2D eigenvalue weighted by Crippen LogP contribution is -2.28. The second-order valence-corrected chi connectivity index (χ2v) is 6.86. The lowest BCUT2D eigenvalue weighted by molar-refractivity contribution is 0.400. The van der Waals surface area contributed by atoms with E-state index >= 15 is 0 Å². The summed E-state index contributed by atoms with van der Waals surface area (Å²) in [5.74, 6) is 0. The molecule has 0 radical (unpaired) electrons. The quantitative estimate of drug-likeness (QED) is 0.702. The van der Waals surface area contributed by atoms with Gasteiger partial charge in [-0.3, -0.25) is 0 Å². The van der Waals surface area contributed by atoms with E-state index in [1.54, 1.807) is 12.1 Å². The molecule has 0 amide bonds. The first-order valence-electron chi connectivity index (χ1n) is 6.76. The smallest absolute Gasteiger partial charge is 0.240 e. The van der Waals surface area contributed by atoms with E-state index in [1.807, 2.05) is 39.0 Å². The van der Waals surface area contributed by atoms with Gasteiger partial charge in [0.25, 0.3) is 0 Å². The highest BCUT2D eigenvalue weighted by atomic mass is 32.2. The molecule has 0 aliphatic heterocycles. The fraction of sp³-hybridized carbons (Fsp3) is 0.571. The van der Waals surface area contributed by atoms with Gasteiger partial charge in [-0.05, 0) is 58.2 Å². The first-order valence-corrected chi connectivity index (χ1v) is 8.24. The summed E-state index contributed by atoms with van der Waals surface area (Å²) < 4.78 is 27.3. The summed E-state index contributed by atoms with van der Waals surface area (Å²) in [6.45, 7) is 3.83. The molecule has 0 spiro atoms. The molecule has 2 N–H and O–H groups in total. The maximum absolute atomic E-state index is 12.3. The Morgan fingerprint density at radius 2 is 1.95 bits per heavy atom. The molecule has 5 nitrogen and oxygen atoms in total. The van der Waals surface area contributed by atoms with Gasteiger partial charge in [0.15, 0.2) is 0 Å². The van der Waals surface area contributed by atoms with Crippen LogP contribution in [0.4, 0.5) is 0 Å². The molecule has 0 bridgehead atoms. The Hall–Kier alpha value is -0.950. The van der Waals surface area contributed by atoms with Crippen LogP contribution in [0.15, 0.2) is 23.1 Å². The van der Waals surface area contributed by atoms with E-state index in [4.69, 9.17) is 0 Å². The SMILES string of the molecule is CNCc1cccc(S(=O)(=O)NCCCN(C)C)c1C. The van der Waals surface area contributed by atoms with Crippen molar-refractivity contribution in [1.82, 2.24) is 14.9 Å². The highest BCUT2D eigenvalue weighted by Gasteiger charge is 2.17. The molecule has 20 heavy (non-hydrogen) atoms. The van der Waals surface area contributed by atoms with Crippen LogP contribution in [-0.2, 0) is 16.6 Å². The Balaban J connectivity index is 2.79. The summed E-state index contributed by atoms with van der Waals surface area (Å²) in [6.07, 6.45) is 0.793. The number of nitrogens with zero attached hydrogens (tertiary/aromatic N) is 1. The molecule has 0 aliphatic rings. The van der Waals surface area contributed by atoms with Crippen LogP contribution in [0, 0.1) is 6.92 Å². The van der Waals surface area contributed by atoms with Gasteiger partial charge in [0.1, 0.15) is 0 Å². The number of rotatable bonds is 8. The topological polar surface area (TPSA) is 61.4 Å². The van der Waals surface area contributed by atoms with E-state index in [1.165, 1.54) is 0 Å². The van der Waals surface area contributed by atoms with Gasteiger partial charge in [-0.2, -0.15) is 0 Å². The molecule has 1 aromatic carbocycles. The van der Waals surface area contributed by atoms with Crippen LogP contribution < -0.4 is 10.0 Å². The van der Waals surface area contributed by atoms with Crippen molar-refractivity contribution < 1.29 is 8.42 Å². The van der Waals surface area contributed by atoms with Crippen molar-refractivity contribution in [2.24, 2.45) is 0 Å². The lowest BCUT2D eigenvalue weighted by atomic mass is 10.1. The van der Waals surface area contributed by atoms with Gasteiger partial charge < -0.3 is 10.2 Å². The Kier molecular flexibility index (Phi) is 6.61. The summed E-state index contributed by atoms with van der Waals surface area (Å²) in [5.41, 5.74) is 1.81. The van der Waals surface area contributed by atoms with Crippen LogP contribution in [0.2, 0.25) is 0 Å². The zero-order chi connectivity index (χ0) is 15.2. The second-order valence-electron chi connectivity index (χ2n) is 5.13. The van der Waals surface area contributed by atoms with Gasteiger partial charge in [0.05, 0.1) is 4.90 Å². The van der Waals surface area contributed by atoms with Crippen molar-refractivity contribution in [2.75, 3.05) is 34.2 Å². The lowest BCUT2D eigenvalue weighted by Gasteiger charge is -2.13. The zero-order valence-corrected chi connectivity index (χ0v) is 13.5. The highest BCUT2D eigenvalue weighted by Crippen LogP contribution is 2.18. The monoisotopic (exact) mass is 299 g/mol. The molecular weight excluding hydrogens is 274 g/mol. The average molecular weight is 299 g/mol. The van der Waals surface area contributed by atoms with Gasteiger partial charge in [0.2, 0.25) is 10.0 Å². The van der Waals surface area contributed by atoms with Crippen LogP contribution in [0.5, 0.6) is 0 Å². The predicted octanol–water partition coefficient (Wildman–Crippen LogP) is 0.944. The summed E-state index contributed by atoms with van der Waals surface area (Å²) in [6, 6.07) is 5.38. The van der Waals surface area contributed by atoms with Gasteiger partial charge >= 0.3 is 0 Å². The van der Waals surface area contributed by atoms with Crippen LogP contribution in [0.25, 0.3) is 0 Å². The summed E-state index contributed by atoms with van der Waals surface area (Å²) in [4.78, 5) is 2.41. The average Bonchev–Trinajstić information content (AvgIpc) is 2.37. The van der Waals surface area contributed by atoms with Crippen LogP contribution >= 0.6 is 0 Å². The Labute approximate surface area is 122 Å². The van der Waals surface area contributed by atoms with Crippen LogP contribution in [-0.4, -0.2) is 47.6 Å². The number of hydrogen-bond acceptors (Lipinski definition) is 4.